The Bertz CT molecular complexity index is 664. The summed E-state index contributed by atoms with van der Waals surface area (Å²) in [5, 5.41) is -0.925. The minimum Gasteiger partial charge on any atom is -0.207 e. The van der Waals surface area contributed by atoms with Crippen molar-refractivity contribution >= 4 is 11.6 Å². The Kier molecular flexibility index (Phi) is 4.23. The lowest BCUT2D eigenvalue weighted by atomic mass is 10.00. The number of aryl methyl sites for hydroxylation is 1. The van der Waals surface area contributed by atoms with Crippen LogP contribution in [-0.2, 0) is 6.18 Å². The predicted molar refractivity (Wildman–Crippen MR) is 70.2 cm³/mol. The first kappa shape index (κ1) is 15.8. The highest BCUT2D eigenvalue weighted by Crippen LogP contribution is 2.36. The van der Waals surface area contributed by atoms with Crippen molar-refractivity contribution in [3.05, 3.63) is 70.3 Å². The molecule has 1 atom stereocenters. The molecule has 6 heteroatoms. The third-order valence-corrected chi connectivity index (χ3v) is 3.57. The molecule has 0 N–H and O–H groups in total. The molecule has 0 saturated carbocycles. The van der Waals surface area contributed by atoms with Crippen LogP contribution >= 0.6 is 11.6 Å². The fourth-order valence-corrected chi connectivity index (χ4v) is 2.21. The lowest BCUT2D eigenvalue weighted by Crippen LogP contribution is -2.09. The van der Waals surface area contributed by atoms with E-state index in [1.165, 1.54) is 31.2 Å². The van der Waals surface area contributed by atoms with Gasteiger partial charge < -0.3 is 0 Å². The van der Waals surface area contributed by atoms with Gasteiger partial charge in [0.1, 0.15) is 11.6 Å². The van der Waals surface area contributed by atoms with Crippen molar-refractivity contribution in [3.63, 3.8) is 0 Å². The van der Waals surface area contributed by atoms with Crippen LogP contribution in [0.3, 0.4) is 0 Å². The number of alkyl halides is 4. The molecule has 0 radical (unpaired) electrons. The van der Waals surface area contributed by atoms with E-state index in [-0.39, 0.29) is 5.56 Å². The summed E-state index contributed by atoms with van der Waals surface area (Å²) in [7, 11) is 0. The second-order valence-electron chi connectivity index (χ2n) is 4.61. The van der Waals surface area contributed by atoms with Crippen LogP contribution in [0.15, 0.2) is 36.4 Å². The molecular weight excluding hydrogens is 311 g/mol. The van der Waals surface area contributed by atoms with Crippen LogP contribution in [0, 0.1) is 18.6 Å². The van der Waals surface area contributed by atoms with Crippen molar-refractivity contribution in [1.82, 2.24) is 0 Å². The summed E-state index contributed by atoms with van der Waals surface area (Å²) in [6, 6.07) is 6.60. The van der Waals surface area contributed by atoms with Crippen LogP contribution in [-0.4, -0.2) is 0 Å². The molecule has 0 fully saturated rings. The standard InChI is InChI=1S/C15H10ClF5/c1-8-6-9(2-4-12(8)17)14(16)10-3-5-13(18)11(7-10)15(19,20)21/h2-7,14H,1H3. The normalized spacial score (nSPS) is 13.3. The van der Waals surface area contributed by atoms with Gasteiger partial charge in [0.2, 0.25) is 0 Å². The quantitative estimate of drug-likeness (QED) is 0.497. The molecule has 0 bridgehead atoms. The maximum Gasteiger partial charge on any atom is 0.419 e. The lowest BCUT2D eigenvalue weighted by molar-refractivity contribution is -0.140. The molecule has 0 aliphatic rings. The average Bonchev–Trinajstić information content (AvgIpc) is 2.40. The molecule has 0 spiro atoms. The van der Waals surface area contributed by atoms with E-state index in [9.17, 15) is 22.0 Å². The van der Waals surface area contributed by atoms with Gasteiger partial charge in [-0.05, 0) is 41.8 Å². The zero-order chi connectivity index (χ0) is 15.8. The van der Waals surface area contributed by atoms with Crippen LogP contribution in [0.2, 0.25) is 0 Å². The molecule has 0 aliphatic carbocycles. The smallest absolute Gasteiger partial charge is 0.207 e. The SMILES string of the molecule is Cc1cc(C(Cl)c2ccc(F)c(C(F)(F)F)c2)ccc1F. The minimum atomic E-state index is -4.80. The molecule has 2 aromatic rings. The summed E-state index contributed by atoms with van der Waals surface area (Å²) in [5.41, 5.74) is -0.507. The summed E-state index contributed by atoms with van der Waals surface area (Å²) < 4.78 is 64.5. The predicted octanol–water partition coefficient (Wildman–Crippen LogP) is 5.62. The fraction of sp³-hybridized carbons (Fsp3) is 0.200. The molecule has 21 heavy (non-hydrogen) atoms. The third-order valence-electron chi connectivity index (χ3n) is 3.06. The van der Waals surface area contributed by atoms with Gasteiger partial charge in [0.25, 0.3) is 0 Å². The van der Waals surface area contributed by atoms with Gasteiger partial charge in [0.15, 0.2) is 0 Å². The molecule has 0 heterocycles. The second-order valence-corrected chi connectivity index (χ2v) is 5.04. The van der Waals surface area contributed by atoms with Gasteiger partial charge in [-0.15, -0.1) is 11.6 Å². The molecule has 2 rings (SSSR count). The van der Waals surface area contributed by atoms with Crippen LogP contribution in [0.5, 0.6) is 0 Å². The molecule has 0 amide bonds. The summed E-state index contributed by atoms with van der Waals surface area (Å²) in [5.74, 6) is -1.79. The number of rotatable bonds is 2. The van der Waals surface area contributed by atoms with E-state index >= 15 is 0 Å². The summed E-state index contributed by atoms with van der Waals surface area (Å²) in [6.45, 7) is 1.52. The van der Waals surface area contributed by atoms with Gasteiger partial charge >= 0.3 is 6.18 Å². The van der Waals surface area contributed by atoms with Crippen LogP contribution in [0.1, 0.15) is 27.6 Å². The van der Waals surface area contributed by atoms with Gasteiger partial charge in [0.05, 0.1) is 10.9 Å². The summed E-state index contributed by atoms with van der Waals surface area (Å²) >= 11 is 6.12. The Morgan fingerprint density at radius 3 is 1.95 bits per heavy atom. The topological polar surface area (TPSA) is 0 Å². The largest absolute Gasteiger partial charge is 0.419 e. The van der Waals surface area contributed by atoms with E-state index in [0.717, 1.165) is 6.07 Å². The van der Waals surface area contributed by atoms with E-state index in [0.29, 0.717) is 17.2 Å². The Balaban J connectivity index is 2.44. The minimum absolute atomic E-state index is 0.0939. The Morgan fingerprint density at radius 1 is 0.905 bits per heavy atom. The molecule has 0 nitrogen and oxygen atoms in total. The van der Waals surface area contributed by atoms with Crippen molar-refractivity contribution in [2.75, 3.05) is 0 Å². The van der Waals surface area contributed by atoms with Crippen LogP contribution in [0.25, 0.3) is 0 Å². The average molecular weight is 321 g/mol. The zero-order valence-electron chi connectivity index (χ0n) is 10.8. The van der Waals surface area contributed by atoms with Crippen molar-refractivity contribution in [3.8, 4) is 0 Å². The number of hydrogen-bond donors (Lipinski definition) is 0. The van der Waals surface area contributed by atoms with Gasteiger partial charge in [-0.3, -0.25) is 0 Å². The summed E-state index contributed by atoms with van der Waals surface area (Å²) in [6.07, 6.45) is -4.80. The number of benzene rings is 2. The first-order valence-corrected chi connectivity index (χ1v) is 6.40. The highest BCUT2D eigenvalue weighted by molar-refractivity contribution is 6.22. The molecule has 0 aromatic heterocycles. The van der Waals surface area contributed by atoms with Crippen molar-refractivity contribution in [1.29, 1.82) is 0 Å². The molecule has 0 aliphatic heterocycles. The Hall–Kier alpha value is -1.62. The van der Waals surface area contributed by atoms with E-state index in [4.69, 9.17) is 11.6 Å². The molecule has 112 valence electrons. The van der Waals surface area contributed by atoms with Crippen molar-refractivity contribution in [2.45, 2.75) is 18.5 Å². The maximum absolute atomic E-state index is 13.2. The highest BCUT2D eigenvalue weighted by Gasteiger charge is 2.34. The third kappa shape index (κ3) is 3.35. The van der Waals surface area contributed by atoms with E-state index < -0.39 is 28.8 Å². The Labute approximate surface area is 123 Å². The van der Waals surface area contributed by atoms with Gasteiger partial charge in [-0.1, -0.05) is 18.2 Å². The summed E-state index contributed by atoms with van der Waals surface area (Å²) in [4.78, 5) is 0. The van der Waals surface area contributed by atoms with Crippen LogP contribution < -0.4 is 0 Å². The molecular formula is C15H10ClF5. The Morgan fingerprint density at radius 2 is 1.43 bits per heavy atom. The molecule has 1 unspecified atom stereocenters. The van der Waals surface area contributed by atoms with E-state index in [2.05, 4.69) is 0 Å². The van der Waals surface area contributed by atoms with Crippen molar-refractivity contribution < 1.29 is 22.0 Å². The van der Waals surface area contributed by atoms with Crippen molar-refractivity contribution in [2.24, 2.45) is 0 Å². The second kappa shape index (κ2) is 5.64. The lowest BCUT2D eigenvalue weighted by Gasteiger charge is -2.14. The maximum atomic E-state index is 13.2. The fourth-order valence-electron chi connectivity index (χ4n) is 1.94. The monoisotopic (exact) mass is 320 g/mol. The molecule has 0 saturated heterocycles. The first-order chi connectivity index (χ1) is 9.70. The van der Waals surface area contributed by atoms with E-state index in [1.54, 1.807) is 0 Å². The number of halogens is 6. The van der Waals surface area contributed by atoms with Crippen LogP contribution in [0.4, 0.5) is 22.0 Å². The van der Waals surface area contributed by atoms with Gasteiger partial charge in [-0.2, -0.15) is 13.2 Å². The first-order valence-electron chi connectivity index (χ1n) is 5.97. The van der Waals surface area contributed by atoms with E-state index in [1.807, 2.05) is 0 Å². The van der Waals surface area contributed by atoms with Gasteiger partial charge in [-0.25, -0.2) is 8.78 Å². The molecule has 2 aromatic carbocycles. The van der Waals surface area contributed by atoms with Gasteiger partial charge in [0, 0.05) is 0 Å². The highest BCUT2D eigenvalue weighted by atomic mass is 35.5. The number of hydrogen-bond acceptors (Lipinski definition) is 0. The zero-order valence-corrected chi connectivity index (χ0v) is 11.6.